The topological polar surface area (TPSA) is 174 Å². The van der Waals surface area contributed by atoms with E-state index < -0.39 is 23.0 Å². The summed E-state index contributed by atoms with van der Waals surface area (Å²) in [6.45, 7) is 4.62. The molecule has 0 atom stereocenters. The molecule has 0 unspecified atom stereocenters. The molecule has 3 rings (SSSR count). The second-order valence-electron chi connectivity index (χ2n) is 9.92. The van der Waals surface area contributed by atoms with Crippen LogP contribution in [0.4, 0.5) is 28.8 Å². The number of carbonyl (C=O) groups excluding carboxylic acids is 2. The van der Waals surface area contributed by atoms with Gasteiger partial charge in [0, 0.05) is 57.3 Å². The van der Waals surface area contributed by atoms with Crippen LogP contribution in [0.2, 0.25) is 0 Å². The number of hydrogen-bond donors (Lipinski definition) is 2. The highest BCUT2D eigenvalue weighted by atomic mass is 16.6. The predicted octanol–water partition coefficient (Wildman–Crippen LogP) is 3.59. The van der Waals surface area contributed by atoms with Crippen molar-refractivity contribution in [1.29, 1.82) is 0 Å². The Morgan fingerprint density at radius 2 is 1.74 bits per heavy atom. The maximum absolute atomic E-state index is 13.0. The molecule has 0 aliphatic carbocycles. The van der Waals surface area contributed by atoms with Crippen LogP contribution in [0, 0.1) is 10.1 Å². The molecule has 3 aromatic rings. The Bertz CT molecular complexity index is 1500. The third kappa shape index (κ3) is 7.82. The second-order valence-corrected chi connectivity index (χ2v) is 9.92. The van der Waals surface area contributed by atoms with E-state index in [1.807, 2.05) is 19.0 Å². The Hall–Kier alpha value is -5.05. The molecule has 0 aliphatic rings. The van der Waals surface area contributed by atoms with Crippen molar-refractivity contribution in [2.75, 3.05) is 71.0 Å². The first kappa shape index (κ1) is 32.5. The summed E-state index contributed by atoms with van der Waals surface area (Å²) in [6.07, 6.45) is 2.27. The summed E-state index contributed by atoms with van der Waals surface area (Å²) in [5, 5.41) is 17.8. The Balaban J connectivity index is 2.14. The van der Waals surface area contributed by atoms with Crippen molar-refractivity contribution in [2.45, 2.75) is 20.0 Å². The van der Waals surface area contributed by atoms with Gasteiger partial charge in [0.15, 0.2) is 0 Å². The minimum absolute atomic E-state index is 0.00489. The van der Waals surface area contributed by atoms with E-state index >= 15 is 0 Å². The summed E-state index contributed by atoms with van der Waals surface area (Å²) in [6, 6.07) is 4.38. The fraction of sp³-hybridized carbons (Fsp3) is 0.393. The number of likely N-dealkylation sites (N-methyl/N-ethyl adjacent to an activating group) is 2. The third-order valence-electron chi connectivity index (χ3n) is 6.19. The highest BCUT2D eigenvalue weighted by molar-refractivity contribution is 5.99. The molecule has 0 aliphatic heterocycles. The van der Waals surface area contributed by atoms with Crippen molar-refractivity contribution in [3.63, 3.8) is 0 Å². The molecule has 2 N–H and O–H groups in total. The molecule has 2 heterocycles. The lowest BCUT2D eigenvalue weighted by Crippen LogP contribution is -2.29. The van der Waals surface area contributed by atoms with Gasteiger partial charge < -0.3 is 34.6 Å². The van der Waals surface area contributed by atoms with Crippen LogP contribution in [0.5, 0.6) is 5.75 Å². The van der Waals surface area contributed by atoms with E-state index in [9.17, 15) is 19.7 Å². The van der Waals surface area contributed by atoms with Gasteiger partial charge in [-0.2, -0.15) is 0 Å². The molecule has 0 radical (unpaired) electrons. The molecule has 15 nitrogen and oxygen atoms in total. The van der Waals surface area contributed by atoms with Crippen molar-refractivity contribution in [1.82, 2.24) is 19.9 Å². The number of hydrogen-bond acceptors (Lipinski definition) is 14. The number of ether oxygens (including phenoxy) is 3. The van der Waals surface area contributed by atoms with Gasteiger partial charge in [0.25, 0.3) is 5.69 Å². The van der Waals surface area contributed by atoms with E-state index in [4.69, 9.17) is 14.2 Å². The van der Waals surface area contributed by atoms with E-state index in [-0.39, 0.29) is 40.0 Å². The number of anilines is 4. The minimum atomic E-state index is -0.688. The molecule has 0 fully saturated rings. The van der Waals surface area contributed by atoms with Crippen LogP contribution >= 0.6 is 0 Å². The maximum Gasteiger partial charge on any atom is 0.342 e. The summed E-state index contributed by atoms with van der Waals surface area (Å²) >= 11 is 0. The molecule has 230 valence electrons. The fourth-order valence-corrected chi connectivity index (χ4v) is 4.02. The van der Waals surface area contributed by atoms with E-state index in [1.54, 1.807) is 38.9 Å². The van der Waals surface area contributed by atoms with Gasteiger partial charge in [0.2, 0.25) is 5.95 Å². The molecule has 0 bridgehead atoms. The zero-order chi connectivity index (χ0) is 31.8. The van der Waals surface area contributed by atoms with Gasteiger partial charge >= 0.3 is 11.9 Å². The standard InChI is InChI=1S/C28H36N8O7/c1-16(2)43-27(38)19-15-31-28(33-24(19)17-11-18(26(37)42-8)25(29-3)30-14-17)32-20-12-22(36(39)40)21(13-23(20)41-7)35(6)10-9-34(4)5/h11-16H,9-10H2,1-8H3,(H,29,30)(H,31,32,33). The summed E-state index contributed by atoms with van der Waals surface area (Å²) in [7, 11) is 9.88. The van der Waals surface area contributed by atoms with Crippen molar-refractivity contribution in [3.05, 3.63) is 51.8 Å². The van der Waals surface area contributed by atoms with Gasteiger partial charge in [-0.1, -0.05) is 0 Å². The first-order chi connectivity index (χ1) is 20.4. The molecule has 0 spiro atoms. The summed E-state index contributed by atoms with van der Waals surface area (Å²) in [5.41, 5.74) is 0.981. The molecule has 15 heteroatoms. The van der Waals surface area contributed by atoms with Gasteiger partial charge in [-0.15, -0.1) is 0 Å². The quantitative estimate of drug-likeness (QED) is 0.166. The average Bonchev–Trinajstić information content (AvgIpc) is 2.98. The Labute approximate surface area is 249 Å². The molecule has 43 heavy (non-hydrogen) atoms. The summed E-state index contributed by atoms with van der Waals surface area (Å²) < 4.78 is 15.8. The molecule has 2 aromatic heterocycles. The number of rotatable bonds is 13. The number of aromatic nitrogens is 3. The Kier molecular flexibility index (Phi) is 10.7. The number of carbonyl (C=O) groups is 2. The number of benzene rings is 1. The SMILES string of the molecule is CNc1ncc(-c2nc(Nc3cc([N+](=O)[O-])c(N(C)CCN(C)C)cc3OC)ncc2C(=O)OC(C)C)cc1C(=O)OC. The number of methoxy groups -OCH3 is 2. The number of nitro benzene ring substituents is 1. The van der Waals surface area contributed by atoms with Crippen LogP contribution in [0.1, 0.15) is 34.6 Å². The highest BCUT2D eigenvalue weighted by Gasteiger charge is 2.25. The van der Waals surface area contributed by atoms with Crippen LogP contribution in [-0.4, -0.2) is 98.3 Å². The lowest BCUT2D eigenvalue weighted by atomic mass is 10.1. The summed E-state index contributed by atoms with van der Waals surface area (Å²) in [5.74, 6) is -0.771. The molecule has 0 amide bonds. The first-order valence-corrected chi connectivity index (χ1v) is 13.2. The number of esters is 2. The molecule has 0 saturated heterocycles. The van der Waals surface area contributed by atoms with E-state index in [2.05, 4.69) is 25.6 Å². The maximum atomic E-state index is 13.0. The minimum Gasteiger partial charge on any atom is -0.494 e. The lowest BCUT2D eigenvalue weighted by Gasteiger charge is -2.23. The molecule has 0 saturated carbocycles. The lowest BCUT2D eigenvalue weighted by molar-refractivity contribution is -0.384. The van der Waals surface area contributed by atoms with Crippen LogP contribution in [0.25, 0.3) is 11.3 Å². The van der Waals surface area contributed by atoms with Crippen molar-refractivity contribution in [2.24, 2.45) is 0 Å². The molecular weight excluding hydrogens is 560 g/mol. The van der Waals surface area contributed by atoms with E-state index in [0.29, 0.717) is 30.1 Å². The Morgan fingerprint density at radius 1 is 1.02 bits per heavy atom. The molecule has 1 aromatic carbocycles. The normalized spacial score (nSPS) is 10.8. The number of nitro groups is 1. The largest absolute Gasteiger partial charge is 0.494 e. The molecular formula is C28H36N8O7. The van der Waals surface area contributed by atoms with Gasteiger partial charge in [0.05, 0.1) is 36.6 Å². The van der Waals surface area contributed by atoms with Crippen molar-refractivity contribution in [3.8, 4) is 17.0 Å². The average molecular weight is 597 g/mol. The number of nitrogens with zero attached hydrogens (tertiary/aromatic N) is 6. The highest BCUT2D eigenvalue weighted by Crippen LogP contribution is 2.39. The zero-order valence-corrected chi connectivity index (χ0v) is 25.4. The number of pyridine rings is 1. The predicted molar refractivity (Wildman–Crippen MR) is 161 cm³/mol. The monoisotopic (exact) mass is 596 g/mol. The fourth-order valence-electron chi connectivity index (χ4n) is 4.02. The first-order valence-electron chi connectivity index (χ1n) is 13.2. The second kappa shape index (κ2) is 14.2. The van der Waals surface area contributed by atoms with E-state index in [1.165, 1.54) is 38.7 Å². The van der Waals surface area contributed by atoms with E-state index in [0.717, 1.165) is 0 Å². The van der Waals surface area contributed by atoms with Crippen LogP contribution in [-0.2, 0) is 9.47 Å². The Morgan fingerprint density at radius 3 is 2.33 bits per heavy atom. The van der Waals surface area contributed by atoms with Gasteiger partial charge in [-0.05, 0) is 34.0 Å². The van der Waals surface area contributed by atoms with Gasteiger partial charge in [0.1, 0.15) is 28.4 Å². The zero-order valence-electron chi connectivity index (χ0n) is 25.4. The van der Waals surface area contributed by atoms with Crippen molar-refractivity contribution < 1.29 is 28.7 Å². The van der Waals surface area contributed by atoms with Gasteiger partial charge in [-0.25, -0.2) is 24.5 Å². The van der Waals surface area contributed by atoms with Crippen LogP contribution in [0.3, 0.4) is 0 Å². The smallest absolute Gasteiger partial charge is 0.342 e. The van der Waals surface area contributed by atoms with Gasteiger partial charge in [-0.3, -0.25) is 10.1 Å². The van der Waals surface area contributed by atoms with Crippen LogP contribution < -0.4 is 20.3 Å². The van der Waals surface area contributed by atoms with Crippen LogP contribution in [0.15, 0.2) is 30.6 Å². The third-order valence-corrected chi connectivity index (χ3v) is 6.19. The summed E-state index contributed by atoms with van der Waals surface area (Å²) in [4.78, 5) is 53.8. The number of nitrogens with one attached hydrogen (secondary N) is 2. The van der Waals surface area contributed by atoms with Crippen molar-refractivity contribution >= 4 is 40.8 Å².